The lowest BCUT2D eigenvalue weighted by Gasteiger charge is -2.18. The number of nitrogens with two attached hydrogens (primary N) is 2. The molecule has 33 heavy (non-hydrogen) atoms. The summed E-state index contributed by atoms with van der Waals surface area (Å²) in [7, 11) is 0. The number of pyridine rings is 2. The molecule has 7 N–H and O–H groups in total. The Morgan fingerprint density at radius 1 is 1.24 bits per heavy atom. The van der Waals surface area contributed by atoms with E-state index in [2.05, 4.69) is 15.6 Å². The Morgan fingerprint density at radius 2 is 2.00 bits per heavy atom. The maximum Gasteiger partial charge on any atom is 0.274 e. The molecule has 10 heteroatoms. The number of rotatable bonds is 8. The highest BCUT2D eigenvalue weighted by Gasteiger charge is 2.18. The van der Waals surface area contributed by atoms with Crippen molar-refractivity contribution in [2.75, 3.05) is 11.1 Å². The van der Waals surface area contributed by atoms with Crippen LogP contribution in [-0.4, -0.2) is 27.3 Å². The number of anilines is 2. The highest BCUT2D eigenvalue weighted by Crippen LogP contribution is 2.30. The summed E-state index contributed by atoms with van der Waals surface area (Å²) in [6.45, 7) is 3.71. The first-order valence-corrected chi connectivity index (χ1v) is 10.6. The van der Waals surface area contributed by atoms with Gasteiger partial charge in [-0.3, -0.25) is 24.5 Å². The Hall–Kier alpha value is -3.85. The summed E-state index contributed by atoms with van der Waals surface area (Å²) in [6, 6.07) is 11.9. The Bertz CT molecular complexity index is 1240. The third kappa shape index (κ3) is 5.89. The number of benzene rings is 1. The molecule has 3 aromatic rings. The van der Waals surface area contributed by atoms with Gasteiger partial charge < -0.3 is 22.1 Å². The van der Waals surface area contributed by atoms with Gasteiger partial charge in [-0.25, -0.2) is 0 Å². The second kappa shape index (κ2) is 10.2. The van der Waals surface area contributed by atoms with Gasteiger partial charge in [-0.15, -0.1) is 0 Å². The number of carbonyl (C=O) groups excluding carboxylic acids is 1. The van der Waals surface area contributed by atoms with Crippen molar-refractivity contribution in [3.8, 4) is 11.3 Å². The molecule has 0 saturated heterocycles. The molecular formula is C23H26ClN7O2. The molecule has 2 aromatic heterocycles. The summed E-state index contributed by atoms with van der Waals surface area (Å²) < 4.78 is 1.34. The average Bonchev–Trinajstić information content (AvgIpc) is 2.75. The van der Waals surface area contributed by atoms with Gasteiger partial charge in [0.05, 0.1) is 23.0 Å². The monoisotopic (exact) mass is 467 g/mol. The molecule has 1 aromatic carbocycles. The molecule has 0 unspecified atom stereocenters. The smallest absolute Gasteiger partial charge is 0.274 e. The van der Waals surface area contributed by atoms with Gasteiger partial charge >= 0.3 is 0 Å². The molecule has 0 aliphatic rings. The van der Waals surface area contributed by atoms with Crippen molar-refractivity contribution in [2.45, 2.75) is 33.0 Å². The zero-order valence-corrected chi connectivity index (χ0v) is 19.1. The molecule has 0 saturated carbocycles. The topological polar surface area (TPSA) is 152 Å². The van der Waals surface area contributed by atoms with Crippen LogP contribution in [0.15, 0.2) is 53.5 Å². The highest BCUT2D eigenvalue weighted by molar-refractivity contribution is 6.33. The van der Waals surface area contributed by atoms with Crippen molar-refractivity contribution in [3.05, 3.63) is 75.3 Å². The first-order valence-electron chi connectivity index (χ1n) is 10.3. The summed E-state index contributed by atoms with van der Waals surface area (Å²) in [6.07, 6.45) is 1.47. The Kier molecular flexibility index (Phi) is 7.34. The largest absolute Gasteiger partial charge is 0.399 e. The minimum Gasteiger partial charge on any atom is -0.399 e. The third-order valence-corrected chi connectivity index (χ3v) is 5.04. The van der Waals surface area contributed by atoms with E-state index in [-0.39, 0.29) is 30.5 Å². The number of hydrogen-bond acceptors (Lipinski definition) is 6. The molecule has 9 nitrogen and oxygen atoms in total. The van der Waals surface area contributed by atoms with Crippen molar-refractivity contribution >= 4 is 34.7 Å². The fourth-order valence-electron chi connectivity index (χ4n) is 3.25. The summed E-state index contributed by atoms with van der Waals surface area (Å²) in [5.41, 5.74) is 13.9. The van der Waals surface area contributed by atoms with E-state index in [0.29, 0.717) is 38.9 Å². The van der Waals surface area contributed by atoms with Gasteiger partial charge in [0.2, 0.25) is 5.91 Å². The van der Waals surface area contributed by atoms with Crippen molar-refractivity contribution in [1.29, 1.82) is 5.41 Å². The van der Waals surface area contributed by atoms with Crippen LogP contribution in [0.2, 0.25) is 5.02 Å². The predicted molar refractivity (Wildman–Crippen MR) is 131 cm³/mol. The normalized spacial score (nSPS) is 10.8. The molecule has 0 bridgehead atoms. The molecule has 0 spiro atoms. The standard InChI is InChI=1S/C23H26ClN7O2/c1-13(2)30-19-9-18(24)21(14-4-3-5-16(25)8-14)31(23(19)33)12-20(32)29-11-17-7-6-15(10-28-17)22(26)27/h3-10,13,30H,11-12,25H2,1-2H3,(H3,26,27)(H,29,32). The predicted octanol–water partition coefficient (Wildman–Crippen LogP) is 2.57. The fraction of sp³-hybridized carbons (Fsp3) is 0.217. The second-order valence-electron chi connectivity index (χ2n) is 7.80. The van der Waals surface area contributed by atoms with Gasteiger partial charge in [0.15, 0.2) is 0 Å². The van der Waals surface area contributed by atoms with Crippen molar-refractivity contribution in [2.24, 2.45) is 5.73 Å². The molecule has 0 aliphatic carbocycles. The lowest BCUT2D eigenvalue weighted by Crippen LogP contribution is -2.34. The molecule has 0 radical (unpaired) electrons. The molecule has 0 aliphatic heterocycles. The number of aromatic nitrogens is 2. The SMILES string of the molecule is CC(C)Nc1cc(Cl)c(-c2cccc(N)c2)n(CC(=O)NCc2ccc(C(=N)N)cn2)c1=O. The summed E-state index contributed by atoms with van der Waals surface area (Å²) in [4.78, 5) is 30.2. The van der Waals surface area contributed by atoms with Crippen LogP contribution in [0.4, 0.5) is 11.4 Å². The lowest BCUT2D eigenvalue weighted by molar-refractivity contribution is -0.121. The second-order valence-corrected chi connectivity index (χ2v) is 8.21. The number of amides is 1. The van der Waals surface area contributed by atoms with E-state index in [4.69, 9.17) is 28.5 Å². The van der Waals surface area contributed by atoms with Crippen LogP contribution in [0.5, 0.6) is 0 Å². The van der Waals surface area contributed by atoms with E-state index in [9.17, 15) is 9.59 Å². The van der Waals surface area contributed by atoms with E-state index < -0.39 is 5.91 Å². The van der Waals surface area contributed by atoms with Crippen LogP contribution in [-0.2, 0) is 17.9 Å². The van der Waals surface area contributed by atoms with Crippen LogP contribution in [0.25, 0.3) is 11.3 Å². The minimum absolute atomic E-state index is 0.00156. The van der Waals surface area contributed by atoms with Crippen LogP contribution in [0, 0.1) is 5.41 Å². The van der Waals surface area contributed by atoms with Crippen molar-refractivity contribution in [3.63, 3.8) is 0 Å². The molecule has 1 amide bonds. The maximum absolute atomic E-state index is 13.2. The lowest BCUT2D eigenvalue weighted by atomic mass is 10.1. The summed E-state index contributed by atoms with van der Waals surface area (Å²) in [5, 5.41) is 13.6. The van der Waals surface area contributed by atoms with Gasteiger partial charge in [-0.2, -0.15) is 0 Å². The van der Waals surface area contributed by atoms with E-state index >= 15 is 0 Å². The van der Waals surface area contributed by atoms with Gasteiger partial charge in [0, 0.05) is 29.1 Å². The van der Waals surface area contributed by atoms with Crippen molar-refractivity contribution in [1.82, 2.24) is 14.9 Å². The number of halogens is 1. The molecular weight excluding hydrogens is 442 g/mol. The zero-order valence-electron chi connectivity index (χ0n) is 18.4. The van der Waals surface area contributed by atoms with Gasteiger partial charge in [0.25, 0.3) is 5.56 Å². The number of carbonyl (C=O) groups is 1. The minimum atomic E-state index is -0.391. The van der Waals surface area contributed by atoms with Crippen LogP contribution in [0.1, 0.15) is 25.1 Å². The number of nitrogen functional groups attached to an aromatic ring is 2. The first kappa shape index (κ1) is 23.8. The van der Waals surface area contributed by atoms with E-state index in [0.717, 1.165) is 0 Å². The van der Waals surface area contributed by atoms with E-state index in [1.54, 1.807) is 42.5 Å². The van der Waals surface area contributed by atoms with Gasteiger partial charge in [-0.05, 0) is 44.2 Å². The number of hydrogen-bond donors (Lipinski definition) is 5. The Labute approximate surface area is 196 Å². The highest BCUT2D eigenvalue weighted by atomic mass is 35.5. The summed E-state index contributed by atoms with van der Waals surface area (Å²) in [5.74, 6) is -0.476. The maximum atomic E-state index is 13.2. The number of nitrogens with one attached hydrogen (secondary N) is 3. The zero-order chi connectivity index (χ0) is 24.1. The Morgan fingerprint density at radius 3 is 2.61 bits per heavy atom. The fourth-order valence-corrected chi connectivity index (χ4v) is 3.57. The molecule has 172 valence electrons. The quantitative estimate of drug-likeness (QED) is 0.195. The van der Waals surface area contributed by atoms with Gasteiger partial charge in [0.1, 0.15) is 18.1 Å². The third-order valence-electron chi connectivity index (χ3n) is 4.75. The molecule has 2 heterocycles. The van der Waals surface area contributed by atoms with Crippen LogP contribution in [0.3, 0.4) is 0 Å². The molecule has 0 fully saturated rings. The van der Waals surface area contributed by atoms with Crippen molar-refractivity contribution < 1.29 is 4.79 Å². The van der Waals surface area contributed by atoms with E-state index in [1.807, 2.05) is 13.8 Å². The summed E-state index contributed by atoms with van der Waals surface area (Å²) >= 11 is 6.56. The van der Waals surface area contributed by atoms with Crippen LogP contribution >= 0.6 is 11.6 Å². The van der Waals surface area contributed by atoms with Crippen LogP contribution < -0.4 is 27.7 Å². The molecule has 3 rings (SSSR count). The van der Waals surface area contributed by atoms with Gasteiger partial charge in [-0.1, -0.05) is 23.7 Å². The van der Waals surface area contributed by atoms with E-state index in [1.165, 1.54) is 10.8 Å². The Balaban J connectivity index is 1.90. The average molecular weight is 468 g/mol. The number of amidine groups is 1. The molecule has 0 atom stereocenters. The number of nitrogens with zero attached hydrogens (tertiary/aromatic N) is 2. The first-order chi connectivity index (χ1) is 15.7.